The summed E-state index contributed by atoms with van der Waals surface area (Å²) in [5, 5.41) is 0. The topological polar surface area (TPSA) is 3.88 Å². The second kappa shape index (κ2) is 4.93. The minimum Gasteiger partial charge on any atom is -0.201 e. The van der Waals surface area contributed by atoms with Crippen molar-refractivity contribution in [1.29, 1.82) is 0 Å². The van der Waals surface area contributed by atoms with Gasteiger partial charge in [-0.1, -0.05) is 31.5 Å². The van der Waals surface area contributed by atoms with Crippen LogP contribution in [0.1, 0.15) is 36.5 Å². The van der Waals surface area contributed by atoms with Gasteiger partial charge in [0.15, 0.2) is 6.20 Å². The van der Waals surface area contributed by atoms with Gasteiger partial charge in [0.05, 0.1) is 0 Å². The summed E-state index contributed by atoms with van der Waals surface area (Å²) in [5.41, 5.74) is 6.66. The van der Waals surface area contributed by atoms with Gasteiger partial charge < -0.3 is 0 Å². The number of hydrogen-bond acceptors (Lipinski definition) is 0. The molecule has 0 radical (unpaired) electrons. The van der Waals surface area contributed by atoms with Crippen molar-refractivity contribution >= 4 is 0 Å². The van der Waals surface area contributed by atoms with Crippen molar-refractivity contribution in [1.82, 2.24) is 0 Å². The number of hydrogen-bond donors (Lipinski definition) is 0. The molecule has 1 aromatic carbocycles. The van der Waals surface area contributed by atoms with Gasteiger partial charge in [-0.15, -0.1) is 0 Å². The number of rotatable bonds is 2. The molecule has 0 spiro atoms. The molecule has 0 saturated heterocycles. The standard InChI is InChI=1S/C17H22N/c1-12(2)15-8-9-18(5)17(11-15)16-7-6-13(3)10-14(16)4/h6-12H,1-5H3/q+1. The van der Waals surface area contributed by atoms with Crippen LogP contribution in [-0.2, 0) is 7.05 Å². The van der Waals surface area contributed by atoms with Crippen LogP contribution in [0.5, 0.6) is 0 Å². The van der Waals surface area contributed by atoms with Crippen molar-refractivity contribution in [2.24, 2.45) is 7.05 Å². The van der Waals surface area contributed by atoms with Crippen LogP contribution >= 0.6 is 0 Å². The molecule has 0 fully saturated rings. The molecule has 0 saturated carbocycles. The number of aromatic nitrogens is 1. The predicted molar refractivity (Wildman–Crippen MR) is 76.6 cm³/mol. The second-order valence-corrected chi connectivity index (χ2v) is 5.43. The maximum Gasteiger partial charge on any atom is 0.212 e. The lowest BCUT2D eigenvalue weighted by atomic mass is 9.98. The van der Waals surface area contributed by atoms with Crippen LogP contribution in [0.3, 0.4) is 0 Å². The fourth-order valence-electron chi connectivity index (χ4n) is 2.31. The zero-order valence-corrected chi connectivity index (χ0v) is 12.0. The molecular formula is C17H22N+. The van der Waals surface area contributed by atoms with Crippen LogP contribution in [0, 0.1) is 13.8 Å². The molecule has 0 atom stereocenters. The number of pyridine rings is 1. The van der Waals surface area contributed by atoms with E-state index in [1.54, 1.807) is 0 Å². The number of nitrogens with zero attached hydrogens (tertiary/aromatic N) is 1. The molecule has 0 aliphatic heterocycles. The molecule has 0 aliphatic rings. The summed E-state index contributed by atoms with van der Waals surface area (Å²) in [6.07, 6.45) is 2.16. The fraction of sp³-hybridized carbons (Fsp3) is 0.353. The van der Waals surface area contributed by atoms with E-state index in [9.17, 15) is 0 Å². The lowest BCUT2D eigenvalue weighted by Gasteiger charge is -2.09. The summed E-state index contributed by atoms with van der Waals surface area (Å²) < 4.78 is 2.20. The van der Waals surface area contributed by atoms with Crippen LogP contribution < -0.4 is 4.57 Å². The highest BCUT2D eigenvalue weighted by Gasteiger charge is 2.14. The Hall–Kier alpha value is -1.63. The zero-order valence-electron chi connectivity index (χ0n) is 12.0. The Morgan fingerprint density at radius 3 is 2.33 bits per heavy atom. The summed E-state index contributed by atoms with van der Waals surface area (Å²) in [7, 11) is 2.11. The molecule has 0 unspecified atom stereocenters. The Bertz CT molecular complexity index is 568. The highest BCUT2D eigenvalue weighted by atomic mass is 14.9. The van der Waals surface area contributed by atoms with Gasteiger partial charge in [0, 0.05) is 17.7 Å². The third kappa shape index (κ3) is 2.45. The molecule has 1 heterocycles. The Balaban J connectivity index is 2.59. The van der Waals surface area contributed by atoms with Gasteiger partial charge in [0.1, 0.15) is 7.05 Å². The predicted octanol–water partition coefficient (Wildman–Crippen LogP) is 3.92. The van der Waals surface area contributed by atoms with Gasteiger partial charge in [0.25, 0.3) is 0 Å². The monoisotopic (exact) mass is 240 g/mol. The largest absolute Gasteiger partial charge is 0.212 e. The Morgan fingerprint density at radius 1 is 1.00 bits per heavy atom. The van der Waals surface area contributed by atoms with Gasteiger partial charge in [-0.3, -0.25) is 0 Å². The van der Waals surface area contributed by atoms with Crippen molar-refractivity contribution in [3.63, 3.8) is 0 Å². The van der Waals surface area contributed by atoms with E-state index in [-0.39, 0.29) is 0 Å². The van der Waals surface area contributed by atoms with E-state index < -0.39 is 0 Å². The van der Waals surface area contributed by atoms with Crippen LogP contribution in [-0.4, -0.2) is 0 Å². The van der Waals surface area contributed by atoms with E-state index in [2.05, 4.69) is 75.8 Å². The molecule has 1 nitrogen and oxygen atoms in total. The summed E-state index contributed by atoms with van der Waals surface area (Å²) in [6.45, 7) is 8.80. The van der Waals surface area contributed by atoms with E-state index in [0.717, 1.165) is 0 Å². The molecular weight excluding hydrogens is 218 g/mol. The van der Waals surface area contributed by atoms with Crippen molar-refractivity contribution in [3.8, 4) is 11.3 Å². The molecule has 94 valence electrons. The zero-order chi connectivity index (χ0) is 13.3. The molecule has 1 heteroatoms. The summed E-state index contributed by atoms with van der Waals surface area (Å²) in [5.74, 6) is 0.565. The first-order chi connectivity index (χ1) is 8.49. The highest BCUT2D eigenvalue weighted by molar-refractivity contribution is 5.62. The smallest absolute Gasteiger partial charge is 0.201 e. The van der Waals surface area contributed by atoms with Gasteiger partial charge >= 0.3 is 0 Å². The quantitative estimate of drug-likeness (QED) is 0.701. The molecule has 0 bridgehead atoms. The average molecular weight is 240 g/mol. The van der Waals surface area contributed by atoms with Crippen LogP contribution in [0.4, 0.5) is 0 Å². The number of aryl methyl sites for hydroxylation is 3. The van der Waals surface area contributed by atoms with Gasteiger partial charge in [-0.05, 0) is 37.0 Å². The molecule has 18 heavy (non-hydrogen) atoms. The molecule has 2 rings (SSSR count). The SMILES string of the molecule is Cc1ccc(-c2cc(C(C)C)cc[n+]2C)c(C)c1. The summed E-state index contributed by atoms with van der Waals surface area (Å²) in [4.78, 5) is 0. The first-order valence-electron chi connectivity index (χ1n) is 6.56. The van der Waals surface area contributed by atoms with E-state index in [1.807, 2.05) is 0 Å². The third-order valence-corrected chi connectivity index (χ3v) is 3.50. The van der Waals surface area contributed by atoms with E-state index in [1.165, 1.54) is 27.9 Å². The molecule has 2 aromatic rings. The van der Waals surface area contributed by atoms with Crippen molar-refractivity contribution in [2.75, 3.05) is 0 Å². The van der Waals surface area contributed by atoms with Crippen molar-refractivity contribution in [2.45, 2.75) is 33.6 Å². The minimum absolute atomic E-state index is 0.565. The van der Waals surface area contributed by atoms with Crippen LogP contribution in [0.15, 0.2) is 36.5 Å². The van der Waals surface area contributed by atoms with Crippen LogP contribution in [0.25, 0.3) is 11.3 Å². The van der Waals surface area contributed by atoms with Gasteiger partial charge in [-0.25, -0.2) is 4.57 Å². The third-order valence-electron chi connectivity index (χ3n) is 3.50. The highest BCUT2D eigenvalue weighted by Crippen LogP contribution is 2.24. The maximum atomic E-state index is 2.31. The Morgan fingerprint density at radius 2 is 1.72 bits per heavy atom. The second-order valence-electron chi connectivity index (χ2n) is 5.43. The van der Waals surface area contributed by atoms with E-state index in [0.29, 0.717) is 5.92 Å². The van der Waals surface area contributed by atoms with Crippen molar-refractivity contribution in [3.05, 3.63) is 53.2 Å². The lowest BCUT2D eigenvalue weighted by molar-refractivity contribution is -0.660. The van der Waals surface area contributed by atoms with Crippen molar-refractivity contribution < 1.29 is 4.57 Å². The molecule has 0 aliphatic carbocycles. The minimum atomic E-state index is 0.565. The number of benzene rings is 1. The Labute approximate surface area is 110 Å². The summed E-state index contributed by atoms with van der Waals surface area (Å²) in [6, 6.07) is 11.2. The maximum absolute atomic E-state index is 2.31. The summed E-state index contributed by atoms with van der Waals surface area (Å²) >= 11 is 0. The molecule has 0 N–H and O–H groups in total. The molecule has 0 amide bonds. The first-order valence-corrected chi connectivity index (χ1v) is 6.56. The first kappa shape index (κ1) is 12.8. The van der Waals surface area contributed by atoms with E-state index >= 15 is 0 Å². The van der Waals surface area contributed by atoms with Crippen LogP contribution in [0.2, 0.25) is 0 Å². The van der Waals surface area contributed by atoms with Gasteiger partial charge in [-0.2, -0.15) is 0 Å². The molecule has 1 aromatic heterocycles. The normalized spacial score (nSPS) is 11.0. The average Bonchev–Trinajstić information content (AvgIpc) is 2.30. The fourth-order valence-corrected chi connectivity index (χ4v) is 2.31. The van der Waals surface area contributed by atoms with E-state index in [4.69, 9.17) is 0 Å². The lowest BCUT2D eigenvalue weighted by Crippen LogP contribution is -2.30. The van der Waals surface area contributed by atoms with Gasteiger partial charge in [0.2, 0.25) is 5.69 Å². The Kier molecular flexibility index (Phi) is 3.51.